The van der Waals surface area contributed by atoms with Crippen LogP contribution in [-0.2, 0) is 0 Å². The van der Waals surface area contributed by atoms with Gasteiger partial charge in [-0.1, -0.05) is 6.07 Å². The standard InChI is InChI=1S/C15H12FN3O3/c1-7-3-4-9(13(16)8(7)2)11-6-19-12(14(20)17-11)5-10(18-19)15(21)22/h3-6H,1-2H3,(H,17,20)(H,21,22). The molecule has 0 aliphatic rings. The smallest absolute Gasteiger partial charge is 0.356 e. The molecule has 3 rings (SSSR count). The van der Waals surface area contributed by atoms with Gasteiger partial charge in [-0.2, -0.15) is 5.10 Å². The highest BCUT2D eigenvalue weighted by Gasteiger charge is 2.15. The lowest BCUT2D eigenvalue weighted by molar-refractivity contribution is 0.0690. The first kappa shape index (κ1) is 14.0. The summed E-state index contributed by atoms with van der Waals surface area (Å²) in [6.45, 7) is 3.45. The van der Waals surface area contributed by atoms with Crippen molar-refractivity contribution in [3.8, 4) is 11.3 Å². The first-order valence-corrected chi connectivity index (χ1v) is 6.50. The topological polar surface area (TPSA) is 87.5 Å². The molecule has 112 valence electrons. The number of aromatic amines is 1. The van der Waals surface area contributed by atoms with Gasteiger partial charge in [-0.15, -0.1) is 0 Å². The number of hydrogen-bond acceptors (Lipinski definition) is 3. The van der Waals surface area contributed by atoms with Crippen LogP contribution < -0.4 is 5.56 Å². The van der Waals surface area contributed by atoms with Gasteiger partial charge in [0.05, 0.1) is 11.9 Å². The van der Waals surface area contributed by atoms with Crippen LogP contribution in [0.5, 0.6) is 0 Å². The molecule has 0 bridgehead atoms. The Morgan fingerprint density at radius 2 is 2.09 bits per heavy atom. The van der Waals surface area contributed by atoms with E-state index in [1.165, 1.54) is 12.3 Å². The molecule has 0 radical (unpaired) electrons. The van der Waals surface area contributed by atoms with E-state index in [9.17, 15) is 14.0 Å². The molecular formula is C15H12FN3O3. The maximum absolute atomic E-state index is 14.4. The van der Waals surface area contributed by atoms with Crippen molar-refractivity contribution in [3.05, 3.63) is 57.4 Å². The molecule has 0 spiro atoms. The summed E-state index contributed by atoms with van der Waals surface area (Å²) in [7, 11) is 0. The van der Waals surface area contributed by atoms with Crippen molar-refractivity contribution in [1.82, 2.24) is 14.6 Å². The SMILES string of the molecule is Cc1ccc(-c2cn3nc(C(=O)O)cc3c(=O)[nH]2)c(F)c1C. The van der Waals surface area contributed by atoms with Crippen molar-refractivity contribution in [2.75, 3.05) is 0 Å². The second kappa shape index (κ2) is 4.80. The fraction of sp³-hybridized carbons (Fsp3) is 0.133. The first-order valence-electron chi connectivity index (χ1n) is 6.50. The Bertz CT molecular complexity index is 972. The second-order valence-electron chi connectivity index (χ2n) is 5.03. The van der Waals surface area contributed by atoms with Crippen molar-refractivity contribution in [2.24, 2.45) is 0 Å². The average molecular weight is 301 g/mol. The molecule has 7 heteroatoms. The molecular weight excluding hydrogens is 289 g/mol. The van der Waals surface area contributed by atoms with E-state index in [1.807, 2.05) is 0 Å². The molecule has 6 nitrogen and oxygen atoms in total. The fourth-order valence-electron chi connectivity index (χ4n) is 2.23. The summed E-state index contributed by atoms with van der Waals surface area (Å²) < 4.78 is 15.5. The van der Waals surface area contributed by atoms with Crippen LogP contribution in [0.1, 0.15) is 21.6 Å². The van der Waals surface area contributed by atoms with Crippen molar-refractivity contribution in [1.29, 1.82) is 0 Å². The van der Waals surface area contributed by atoms with Crippen LogP contribution in [0.2, 0.25) is 0 Å². The number of H-pyrrole nitrogens is 1. The highest BCUT2D eigenvalue weighted by atomic mass is 19.1. The Hall–Kier alpha value is -2.96. The highest BCUT2D eigenvalue weighted by molar-refractivity contribution is 5.87. The Balaban J connectivity index is 2.27. The number of nitrogens with one attached hydrogen (secondary N) is 1. The van der Waals surface area contributed by atoms with E-state index in [4.69, 9.17) is 5.11 Å². The number of benzene rings is 1. The molecule has 0 aliphatic heterocycles. The number of nitrogens with zero attached hydrogens (tertiary/aromatic N) is 2. The molecule has 0 saturated heterocycles. The minimum Gasteiger partial charge on any atom is -0.476 e. The monoisotopic (exact) mass is 301 g/mol. The third-order valence-electron chi connectivity index (χ3n) is 3.63. The van der Waals surface area contributed by atoms with Crippen molar-refractivity contribution in [2.45, 2.75) is 13.8 Å². The van der Waals surface area contributed by atoms with Crippen LogP contribution in [0.15, 0.2) is 29.2 Å². The molecule has 0 saturated carbocycles. The maximum Gasteiger partial charge on any atom is 0.356 e. The summed E-state index contributed by atoms with van der Waals surface area (Å²) in [6, 6.07) is 4.49. The van der Waals surface area contributed by atoms with E-state index in [0.717, 1.165) is 10.1 Å². The Morgan fingerprint density at radius 3 is 2.77 bits per heavy atom. The van der Waals surface area contributed by atoms with Gasteiger partial charge in [0.2, 0.25) is 0 Å². The zero-order chi connectivity index (χ0) is 16.0. The lowest BCUT2D eigenvalue weighted by atomic mass is 10.0. The van der Waals surface area contributed by atoms with Crippen LogP contribution in [0.3, 0.4) is 0 Å². The fourth-order valence-corrected chi connectivity index (χ4v) is 2.23. The lowest BCUT2D eigenvalue weighted by Gasteiger charge is -2.08. The van der Waals surface area contributed by atoms with Gasteiger partial charge in [0, 0.05) is 11.6 Å². The molecule has 0 unspecified atom stereocenters. The Morgan fingerprint density at radius 1 is 1.36 bits per heavy atom. The second-order valence-corrected chi connectivity index (χ2v) is 5.03. The quantitative estimate of drug-likeness (QED) is 0.759. The van der Waals surface area contributed by atoms with Gasteiger partial charge in [-0.25, -0.2) is 13.7 Å². The summed E-state index contributed by atoms with van der Waals surface area (Å²) >= 11 is 0. The molecule has 0 fully saturated rings. The normalized spacial score (nSPS) is 11.0. The molecule has 0 atom stereocenters. The predicted molar refractivity (Wildman–Crippen MR) is 77.6 cm³/mol. The van der Waals surface area contributed by atoms with Crippen LogP contribution in [0, 0.1) is 19.7 Å². The van der Waals surface area contributed by atoms with E-state index in [0.29, 0.717) is 5.56 Å². The van der Waals surface area contributed by atoms with Crippen LogP contribution in [-0.4, -0.2) is 25.7 Å². The minimum absolute atomic E-state index is 0.0883. The lowest BCUT2D eigenvalue weighted by Crippen LogP contribution is -2.11. The van der Waals surface area contributed by atoms with E-state index < -0.39 is 17.3 Å². The number of fused-ring (bicyclic) bond motifs is 1. The summed E-state index contributed by atoms with van der Waals surface area (Å²) in [5.41, 5.74) is 1.07. The summed E-state index contributed by atoms with van der Waals surface area (Å²) in [5, 5.41) is 12.7. The summed E-state index contributed by atoms with van der Waals surface area (Å²) in [4.78, 5) is 25.5. The van der Waals surface area contributed by atoms with E-state index in [1.54, 1.807) is 26.0 Å². The molecule has 3 aromatic rings. The number of aromatic nitrogens is 3. The number of aromatic carboxylic acids is 1. The molecule has 2 heterocycles. The maximum atomic E-state index is 14.4. The van der Waals surface area contributed by atoms with Gasteiger partial charge in [0.15, 0.2) is 5.69 Å². The van der Waals surface area contributed by atoms with E-state index in [-0.39, 0.29) is 22.5 Å². The number of hydrogen-bond donors (Lipinski definition) is 2. The van der Waals surface area contributed by atoms with Crippen molar-refractivity contribution >= 4 is 11.5 Å². The van der Waals surface area contributed by atoms with Gasteiger partial charge >= 0.3 is 5.97 Å². The van der Waals surface area contributed by atoms with Crippen molar-refractivity contribution < 1.29 is 14.3 Å². The number of carboxylic acids is 1. The Labute approximate surface area is 123 Å². The largest absolute Gasteiger partial charge is 0.476 e. The minimum atomic E-state index is -1.23. The number of halogens is 1. The van der Waals surface area contributed by atoms with Gasteiger partial charge in [-0.05, 0) is 31.0 Å². The zero-order valence-electron chi connectivity index (χ0n) is 11.8. The molecule has 0 amide bonds. The van der Waals surface area contributed by atoms with E-state index >= 15 is 0 Å². The average Bonchev–Trinajstić information content (AvgIpc) is 2.90. The van der Waals surface area contributed by atoms with Crippen molar-refractivity contribution in [3.63, 3.8) is 0 Å². The Kier molecular flexibility index (Phi) is 3.05. The number of carbonyl (C=O) groups is 1. The third-order valence-corrected chi connectivity index (χ3v) is 3.63. The third kappa shape index (κ3) is 2.07. The highest BCUT2D eigenvalue weighted by Crippen LogP contribution is 2.24. The van der Waals surface area contributed by atoms with Crippen LogP contribution in [0.25, 0.3) is 16.8 Å². The predicted octanol–water partition coefficient (Wildman–Crippen LogP) is 2.14. The molecule has 2 N–H and O–H groups in total. The summed E-state index contributed by atoms with van der Waals surface area (Å²) in [5.74, 6) is -1.66. The number of aryl methyl sites for hydroxylation is 1. The molecule has 2 aromatic heterocycles. The van der Waals surface area contributed by atoms with E-state index in [2.05, 4.69) is 10.1 Å². The number of carboxylic acid groups (broad SMARTS) is 1. The zero-order valence-corrected chi connectivity index (χ0v) is 11.8. The molecule has 22 heavy (non-hydrogen) atoms. The molecule has 1 aromatic carbocycles. The van der Waals surface area contributed by atoms with Crippen LogP contribution in [0.4, 0.5) is 4.39 Å². The van der Waals surface area contributed by atoms with Gasteiger partial charge in [0.25, 0.3) is 5.56 Å². The molecule has 0 aliphatic carbocycles. The summed E-state index contributed by atoms with van der Waals surface area (Å²) in [6.07, 6.45) is 1.40. The number of rotatable bonds is 2. The first-order chi connectivity index (χ1) is 10.4. The van der Waals surface area contributed by atoms with Crippen LogP contribution >= 0.6 is 0 Å². The van der Waals surface area contributed by atoms with Gasteiger partial charge < -0.3 is 10.1 Å². The van der Waals surface area contributed by atoms with Gasteiger partial charge in [-0.3, -0.25) is 4.79 Å². The van der Waals surface area contributed by atoms with Gasteiger partial charge in [0.1, 0.15) is 11.3 Å².